The normalized spacial score (nSPS) is 10.4. The smallest absolute Gasteiger partial charge is 0.113 e. The van der Waals surface area contributed by atoms with E-state index in [1.54, 1.807) is 6.20 Å². The maximum Gasteiger partial charge on any atom is 0.113 e. The van der Waals surface area contributed by atoms with Crippen LogP contribution >= 0.6 is 22.9 Å². The fourth-order valence-corrected chi connectivity index (χ4v) is 2.17. The largest absolute Gasteiger partial charge is 0.399 e. The fraction of sp³-hybridized carbons (Fsp3) is 0.100. The molecule has 0 aliphatic rings. The van der Waals surface area contributed by atoms with Crippen LogP contribution in [0.2, 0.25) is 4.34 Å². The molecule has 4 heteroatoms. The highest BCUT2D eigenvalue weighted by Gasteiger charge is 2.01. The zero-order chi connectivity index (χ0) is 9.97. The van der Waals surface area contributed by atoms with Gasteiger partial charge in [-0.05, 0) is 17.7 Å². The number of hydrogen-bond acceptors (Lipinski definition) is 3. The third-order valence-electron chi connectivity index (χ3n) is 1.86. The van der Waals surface area contributed by atoms with Crippen molar-refractivity contribution in [1.82, 2.24) is 4.98 Å². The number of nitrogens with zero attached hydrogens (tertiary/aromatic N) is 1. The monoisotopic (exact) mass is 224 g/mol. The van der Waals surface area contributed by atoms with E-state index in [1.807, 2.05) is 24.3 Å². The Morgan fingerprint density at radius 2 is 2.00 bits per heavy atom. The lowest BCUT2D eigenvalue weighted by atomic mass is 10.1. The van der Waals surface area contributed by atoms with Crippen molar-refractivity contribution in [2.24, 2.45) is 0 Å². The predicted octanol–water partition coefficient (Wildman–Crippen LogP) is 2.97. The Kier molecular flexibility index (Phi) is 2.70. The van der Waals surface area contributed by atoms with Gasteiger partial charge in [-0.1, -0.05) is 23.7 Å². The van der Waals surface area contributed by atoms with Crippen LogP contribution in [-0.4, -0.2) is 4.98 Å². The molecule has 2 aromatic rings. The van der Waals surface area contributed by atoms with Gasteiger partial charge in [0.15, 0.2) is 0 Å². The molecule has 72 valence electrons. The van der Waals surface area contributed by atoms with Gasteiger partial charge in [-0.15, -0.1) is 11.3 Å². The standard InChI is InChI=1S/C10H9ClN2S/c11-9-6-13-10(14-9)5-7-1-3-8(12)4-2-7/h1-4,6H,5,12H2. The lowest BCUT2D eigenvalue weighted by Crippen LogP contribution is -1.88. The summed E-state index contributed by atoms with van der Waals surface area (Å²) in [5.74, 6) is 0. The van der Waals surface area contributed by atoms with Gasteiger partial charge in [0.2, 0.25) is 0 Å². The summed E-state index contributed by atoms with van der Waals surface area (Å²) < 4.78 is 0.732. The second-order valence-electron chi connectivity index (χ2n) is 2.98. The average Bonchev–Trinajstić information content (AvgIpc) is 2.56. The van der Waals surface area contributed by atoms with E-state index in [0.717, 1.165) is 21.5 Å². The van der Waals surface area contributed by atoms with Gasteiger partial charge in [0.1, 0.15) is 4.34 Å². The summed E-state index contributed by atoms with van der Waals surface area (Å²) in [5, 5.41) is 1.03. The first-order valence-corrected chi connectivity index (χ1v) is 5.38. The quantitative estimate of drug-likeness (QED) is 0.797. The molecule has 0 aliphatic carbocycles. The van der Waals surface area contributed by atoms with Gasteiger partial charge in [0.05, 0.1) is 11.2 Å². The molecule has 2 rings (SSSR count). The van der Waals surface area contributed by atoms with Gasteiger partial charge in [-0.25, -0.2) is 4.98 Å². The molecular weight excluding hydrogens is 216 g/mol. The Labute approximate surface area is 91.4 Å². The van der Waals surface area contributed by atoms with Crippen molar-refractivity contribution in [3.8, 4) is 0 Å². The van der Waals surface area contributed by atoms with Crippen molar-refractivity contribution in [3.05, 3.63) is 45.4 Å². The zero-order valence-electron chi connectivity index (χ0n) is 7.40. The van der Waals surface area contributed by atoms with Crippen LogP contribution in [-0.2, 0) is 6.42 Å². The second kappa shape index (κ2) is 3.98. The summed E-state index contributed by atoms with van der Waals surface area (Å²) >= 11 is 7.30. The number of anilines is 1. The van der Waals surface area contributed by atoms with Crippen molar-refractivity contribution >= 4 is 28.6 Å². The highest BCUT2D eigenvalue weighted by molar-refractivity contribution is 7.15. The highest BCUT2D eigenvalue weighted by atomic mass is 35.5. The minimum atomic E-state index is 0.732. The minimum absolute atomic E-state index is 0.732. The molecule has 0 saturated carbocycles. The lowest BCUT2D eigenvalue weighted by Gasteiger charge is -1.98. The van der Waals surface area contributed by atoms with Crippen LogP contribution in [0, 0.1) is 0 Å². The molecule has 1 heterocycles. The van der Waals surface area contributed by atoms with Gasteiger partial charge in [0, 0.05) is 12.1 Å². The van der Waals surface area contributed by atoms with Crippen LogP contribution in [0.1, 0.15) is 10.6 Å². The van der Waals surface area contributed by atoms with E-state index in [1.165, 1.54) is 16.9 Å². The molecule has 0 aliphatic heterocycles. The molecule has 2 nitrogen and oxygen atoms in total. The van der Waals surface area contributed by atoms with Crippen LogP contribution in [0.5, 0.6) is 0 Å². The van der Waals surface area contributed by atoms with Crippen molar-refractivity contribution in [3.63, 3.8) is 0 Å². The van der Waals surface area contributed by atoms with E-state index in [2.05, 4.69) is 4.98 Å². The van der Waals surface area contributed by atoms with Crippen LogP contribution in [0.3, 0.4) is 0 Å². The van der Waals surface area contributed by atoms with Gasteiger partial charge < -0.3 is 5.73 Å². The molecule has 14 heavy (non-hydrogen) atoms. The SMILES string of the molecule is Nc1ccc(Cc2ncc(Cl)s2)cc1. The van der Waals surface area contributed by atoms with Gasteiger partial charge >= 0.3 is 0 Å². The number of nitrogen functional groups attached to an aromatic ring is 1. The van der Waals surface area contributed by atoms with E-state index in [4.69, 9.17) is 17.3 Å². The topological polar surface area (TPSA) is 38.9 Å². The van der Waals surface area contributed by atoms with E-state index >= 15 is 0 Å². The van der Waals surface area contributed by atoms with Crippen molar-refractivity contribution in [1.29, 1.82) is 0 Å². The maximum absolute atomic E-state index is 5.79. The van der Waals surface area contributed by atoms with Crippen molar-refractivity contribution < 1.29 is 0 Å². The summed E-state index contributed by atoms with van der Waals surface area (Å²) in [6, 6.07) is 7.80. The van der Waals surface area contributed by atoms with Crippen molar-refractivity contribution in [2.75, 3.05) is 5.73 Å². The predicted molar refractivity (Wildman–Crippen MR) is 60.8 cm³/mol. The molecule has 0 atom stereocenters. The Bertz CT molecular complexity index is 422. The highest BCUT2D eigenvalue weighted by Crippen LogP contribution is 2.21. The van der Waals surface area contributed by atoms with Crippen LogP contribution in [0.15, 0.2) is 30.5 Å². The number of thiazole rings is 1. The number of hydrogen-bond donors (Lipinski definition) is 1. The molecule has 0 bridgehead atoms. The van der Waals surface area contributed by atoms with Gasteiger partial charge in [-0.3, -0.25) is 0 Å². The summed E-state index contributed by atoms with van der Waals surface area (Å²) in [7, 11) is 0. The number of halogens is 1. The van der Waals surface area contributed by atoms with E-state index < -0.39 is 0 Å². The molecule has 1 aromatic heterocycles. The van der Waals surface area contributed by atoms with E-state index in [-0.39, 0.29) is 0 Å². The molecule has 0 spiro atoms. The summed E-state index contributed by atoms with van der Waals surface area (Å²) in [6.45, 7) is 0. The van der Waals surface area contributed by atoms with Crippen LogP contribution in [0.4, 0.5) is 5.69 Å². The van der Waals surface area contributed by atoms with Crippen LogP contribution < -0.4 is 5.73 Å². The molecular formula is C10H9ClN2S. The summed E-state index contributed by atoms with van der Waals surface area (Å²) in [5.41, 5.74) is 7.57. The van der Waals surface area contributed by atoms with E-state index in [9.17, 15) is 0 Å². The number of benzene rings is 1. The first-order chi connectivity index (χ1) is 6.74. The number of nitrogens with two attached hydrogens (primary N) is 1. The summed E-state index contributed by atoms with van der Waals surface area (Å²) in [6.07, 6.45) is 2.50. The lowest BCUT2D eigenvalue weighted by molar-refractivity contribution is 1.14. The Morgan fingerprint density at radius 1 is 1.29 bits per heavy atom. The average molecular weight is 225 g/mol. The molecule has 0 amide bonds. The third kappa shape index (κ3) is 2.25. The third-order valence-corrected chi connectivity index (χ3v) is 2.98. The first-order valence-electron chi connectivity index (χ1n) is 4.18. The maximum atomic E-state index is 5.79. The van der Waals surface area contributed by atoms with Crippen molar-refractivity contribution in [2.45, 2.75) is 6.42 Å². The molecule has 0 radical (unpaired) electrons. The minimum Gasteiger partial charge on any atom is -0.399 e. The summed E-state index contributed by atoms with van der Waals surface area (Å²) in [4.78, 5) is 4.19. The molecule has 2 N–H and O–H groups in total. The Balaban J connectivity index is 2.15. The van der Waals surface area contributed by atoms with Gasteiger partial charge in [0.25, 0.3) is 0 Å². The number of rotatable bonds is 2. The van der Waals surface area contributed by atoms with E-state index in [0.29, 0.717) is 0 Å². The zero-order valence-corrected chi connectivity index (χ0v) is 8.98. The molecule has 0 unspecified atom stereocenters. The van der Waals surface area contributed by atoms with Gasteiger partial charge in [-0.2, -0.15) is 0 Å². The first kappa shape index (κ1) is 9.49. The molecule has 1 aromatic carbocycles. The number of aromatic nitrogens is 1. The second-order valence-corrected chi connectivity index (χ2v) is 4.72. The Morgan fingerprint density at radius 3 is 2.57 bits per heavy atom. The Hall–Kier alpha value is -1.06. The molecule has 0 fully saturated rings. The fourth-order valence-electron chi connectivity index (χ4n) is 1.18. The van der Waals surface area contributed by atoms with Crippen LogP contribution in [0.25, 0.3) is 0 Å². The molecule has 0 saturated heterocycles.